The zero-order valence-corrected chi connectivity index (χ0v) is 11.8. The van der Waals surface area contributed by atoms with E-state index in [1.807, 2.05) is 18.9 Å². The number of sulfonamides is 1. The lowest BCUT2D eigenvalue weighted by atomic mass is 10.0. The lowest BCUT2D eigenvalue weighted by Crippen LogP contribution is -2.21. The first kappa shape index (κ1) is 15.6. The highest BCUT2D eigenvalue weighted by atomic mass is 32.2. The molecule has 0 unspecified atom stereocenters. The van der Waals surface area contributed by atoms with Gasteiger partial charge in [0.15, 0.2) is 0 Å². The Kier molecular flexibility index (Phi) is 5.04. The molecule has 0 amide bonds. The molecule has 0 aliphatic heterocycles. The van der Waals surface area contributed by atoms with Gasteiger partial charge in [-0.05, 0) is 43.8 Å². The van der Waals surface area contributed by atoms with Gasteiger partial charge in [0.05, 0.1) is 10.5 Å². The smallest absolute Gasteiger partial charge is 0.335 e. The number of hydrogen-bond donors (Lipinski definition) is 2. The Labute approximate surface area is 112 Å². The first-order chi connectivity index (χ1) is 8.75. The molecule has 0 atom stereocenters. The third-order valence-corrected chi connectivity index (χ3v) is 3.85. The molecule has 0 aromatic heterocycles. The summed E-state index contributed by atoms with van der Waals surface area (Å²) in [6, 6.07) is 3.83. The van der Waals surface area contributed by atoms with E-state index in [-0.39, 0.29) is 10.5 Å². The van der Waals surface area contributed by atoms with E-state index in [1.165, 1.54) is 18.2 Å². The highest BCUT2D eigenvalue weighted by molar-refractivity contribution is 7.89. The van der Waals surface area contributed by atoms with E-state index >= 15 is 0 Å². The number of nitrogens with two attached hydrogens (primary N) is 1. The van der Waals surface area contributed by atoms with Gasteiger partial charge in [-0.1, -0.05) is 6.92 Å². The van der Waals surface area contributed by atoms with Gasteiger partial charge in [-0.3, -0.25) is 0 Å². The fraction of sp³-hybridized carbons (Fsp3) is 0.417. The molecule has 106 valence electrons. The molecule has 1 aromatic carbocycles. The van der Waals surface area contributed by atoms with E-state index in [0.29, 0.717) is 18.5 Å². The van der Waals surface area contributed by atoms with Crippen LogP contribution in [0.3, 0.4) is 0 Å². The molecule has 0 bridgehead atoms. The van der Waals surface area contributed by atoms with Crippen molar-refractivity contribution in [2.45, 2.75) is 18.2 Å². The first-order valence-corrected chi connectivity index (χ1v) is 7.38. The molecule has 0 saturated carbocycles. The van der Waals surface area contributed by atoms with Crippen molar-refractivity contribution in [3.8, 4) is 0 Å². The fourth-order valence-corrected chi connectivity index (χ4v) is 2.20. The summed E-state index contributed by atoms with van der Waals surface area (Å²) in [4.78, 5) is 13.0. The predicted molar refractivity (Wildman–Crippen MR) is 71.6 cm³/mol. The van der Waals surface area contributed by atoms with Crippen molar-refractivity contribution in [1.82, 2.24) is 4.90 Å². The third kappa shape index (κ3) is 4.30. The molecule has 0 aliphatic rings. The number of benzene rings is 1. The molecule has 1 rings (SSSR count). The maximum Gasteiger partial charge on any atom is 0.335 e. The number of nitrogens with zero attached hydrogens (tertiary/aromatic N) is 1. The molecular weight excluding hydrogens is 268 g/mol. The normalized spacial score (nSPS) is 11.8. The molecule has 0 saturated heterocycles. The van der Waals surface area contributed by atoms with Crippen LogP contribution < -0.4 is 5.14 Å². The Morgan fingerprint density at radius 2 is 2.05 bits per heavy atom. The molecule has 7 heteroatoms. The van der Waals surface area contributed by atoms with Gasteiger partial charge in [-0.15, -0.1) is 0 Å². The van der Waals surface area contributed by atoms with E-state index in [2.05, 4.69) is 0 Å². The summed E-state index contributed by atoms with van der Waals surface area (Å²) in [5, 5.41) is 14.1. The van der Waals surface area contributed by atoms with E-state index < -0.39 is 16.0 Å². The number of aromatic carboxylic acids is 1. The topological polar surface area (TPSA) is 101 Å². The predicted octanol–water partition coefficient (Wildman–Crippen LogP) is 0.526. The van der Waals surface area contributed by atoms with Crippen LogP contribution in [0.1, 0.15) is 22.8 Å². The Hall–Kier alpha value is -1.44. The number of rotatable bonds is 6. The number of carboxylic acids is 1. The minimum absolute atomic E-state index is 0.0633. The van der Waals surface area contributed by atoms with Crippen LogP contribution in [0.2, 0.25) is 0 Å². The van der Waals surface area contributed by atoms with Crippen molar-refractivity contribution in [1.29, 1.82) is 0 Å². The summed E-state index contributed by atoms with van der Waals surface area (Å²) < 4.78 is 22.6. The van der Waals surface area contributed by atoms with E-state index in [0.717, 1.165) is 6.54 Å². The Morgan fingerprint density at radius 1 is 1.42 bits per heavy atom. The lowest BCUT2D eigenvalue weighted by molar-refractivity contribution is 0.0695. The summed E-state index contributed by atoms with van der Waals surface area (Å²) in [7, 11) is -1.91. The molecular formula is C12H18N2O4S. The molecule has 19 heavy (non-hydrogen) atoms. The Morgan fingerprint density at radius 3 is 2.53 bits per heavy atom. The van der Waals surface area contributed by atoms with Crippen molar-refractivity contribution in [2.24, 2.45) is 5.14 Å². The molecule has 0 aliphatic carbocycles. The maximum absolute atomic E-state index is 11.3. The zero-order valence-electron chi connectivity index (χ0n) is 11.0. The van der Waals surface area contributed by atoms with Crippen LogP contribution in [0.5, 0.6) is 0 Å². The highest BCUT2D eigenvalue weighted by Gasteiger charge is 2.15. The van der Waals surface area contributed by atoms with Gasteiger partial charge in [0, 0.05) is 6.54 Å². The van der Waals surface area contributed by atoms with Gasteiger partial charge in [0.1, 0.15) is 0 Å². The maximum atomic E-state index is 11.3. The molecule has 0 spiro atoms. The van der Waals surface area contributed by atoms with Crippen LogP contribution in [0.4, 0.5) is 0 Å². The first-order valence-electron chi connectivity index (χ1n) is 5.83. The molecule has 6 nitrogen and oxygen atoms in total. The van der Waals surface area contributed by atoms with Crippen molar-refractivity contribution in [2.75, 3.05) is 20.1 Å². The summed E-state index contributed by atoms with van der Waals surface area (Å²) >= 11 is 0. The van der Waals surface area contributed by atoms with Crippen molar-refractivity contribution in [3.63, 3.8) is 0 Å². The van der Waals surface area contributed by atoms with Gasteiger partial charge in [0.25, 0.3) is 0 Å². The van der Waals surface area contributed by atoms with Crippen LogP contribution in [0.15, 0.2) is 23.1 Å². The summed E-state index contributed by atoms with van der Waals surface area (Å²) in [5.74, 6) is -1.07. The van der Waals surface area contributed by atoms with Crippen LogP contribution in [-0.4, -0.2) is 44.5 Å². The van der Waals surface area contributed by atoms with Gasteiger partial charge < -0.3 is 10.0 Å². The minimum Gasteiger partial charge on any atom is -0.478 e. The van der Waals surface area contributed by atoms with Crippen molar-refractivity contribution < 1.29 is 18.3 Å². The Bertz CT molecular complexity index is 569. The summed E-state index contributed by atoms with van der Waals surface area (Å²) in [5.41, 5.74) is 0.580. The number of carboxylic acid groups (broad SMARTS) is 1. The van der Waals surface area contributed by atoms with E-state index in [9.17, 15) is 13.2 Å². The number of likely N-dealkylation sites (N-methyl/N-ethyl adjacent to an activating group) is 1. The van der Waals surface area contributed by atoms with Gasteiger partial charge in [-0.2, -0.15) is 0 Å². The standard InChI is InChI=1S/C12H18N2O4S/c1-3-14(2)7-6-9-8-10(19(13,17)18)4-5-11(9)12(15)16/h4-5,8H,3,6-7H2,1-2H3,(H,15,16)(H2,13,17,18). The van der Waals surface area contributed by atoms with Crippen LogP contribution in [0.25, 0.3) is 0 Å². The van der Waals surface area contributed by atoms with E-state index in [1.54, 1.807) is 0 Å². The Balaban J connectivity index is 3.13. The highest BCUT2D eigenvalue weighted by Crippen LogP contribution is 2.16. The average Bonchev–Trinajstić information content (AvgIpc) is 2.34. The number of primary sulfonamides is 1. The van der Waals surface area contributed by atoms with Crippen molar-refractivity contribution >= 4 is 16.0 Å². The number of hydrogen-bond acceptors (Lipinski definition) is 4. The quantitative estimate of drug-likeness (QED) is 0.794. The largest absolute Gasteiger partial charge is 0.478 e. The second-order valence-electron chi connectivity index (χ2n) is 4.32. The molecule has 0 heterocycles. The monoisotopic (exact) mass is 286 g/mol. The van der Waals surface area contributed by atoms with Crippen molar-refractivity contribution in [3.05, 3.63) is 29.3 Å². The van der Waals surface area contributed by atoms with Gasteiger partial charge >= 0.3 is 5.97 Å². The third-order valence-electron chi connectivity index (χ3n) is 2.94. The minimum atomic E-state index is -3.82. The summed E-state index contributed by atoms with van der Waals surface area (Å²) in [6.45, 7) is 3.46. The van der Waals surface area contributed by atoms with Gasteiger partial charge in [-0.25, -0.2) is 18.4 Å². The van der Waals surface area contributed by atoms with Crippen LogP contribution in [0, 0.1) is 0 Å². The van der Waals surface area contributed by atoms with Crippen LogP contribution in [-0.2, 0) is 16.4 Å². The van der Waals surface area contributed by atoms with Crippen LogP contribution >= 0.6 is 0 Å². The zero-order chi connectivity index (χ0) is 14.6. The second kappa shape index (κ2) is 6.14. The molecule has 1 aromatic rings. The lowest BCUT2D eigenvalue weighted by Gasteiger charge is -2.15. The summed E-state index contributed by atoms with van der Waals surface area (Å²) in [6.07, 6.45) is 0.454. The average molecular weight is 286 g/mol. The number of carbonyl (C=O) groups is 1. The van der Waals surface area contributed by atoms with Gasteiger partial charge in [0.2, 0.25) is 10.0 Å². The SMILES string of the molecule is CCN(C)CCc1cc(S(N)(=O)=O)ccc1C(=O)O. The molecule has 0 radical (unpaired) electrons. The molecule has 3 N–H and O–H groups in total. The molecule has 0 fully saturated rings. The van der Waals surface area contributed by atoms with E-state index in [4.69, 9.17) is 10.2 Å². The second-order valence-corrected chi connectivity index (χ2v) is 5.88. The fourth-order valence-electron chi connectivity index (χ4n) is 1.63.